The van der Waals surface area contributed by atoms with E-state index in [0.29, 0.717) is 12.1 Å². The van der Waals surface area contributed by atoms with Crippen molar-refractivity contribution in [3.05, 3.63) is 0 Å². The van der Waals surface area contributed by atoms with Gasteiger partial charge < -0.3 is 15.3 Å². The molecule has 0 amide bonds. The van der Waals surface area contributed by atoms with Crippen molar-refractivity contribution < 1.29 is 5.11 Å². The van der Waals surface area contributed by atoms with Crippen molar-refractivity contribution in [2.75, 3.05) is 20.6 Å². The summed E-state index contributed by atoms with van der Waals surface area (Å²) in [6.45, 7) is 3.21. The van der Waals surface area contributed by atoms with Crippen LogP contribution in [0, 0.1) is 0 Å². The molecule has 1 saturated carbocycles. The Bertz CT molecular complexity index is 161. The molecule has 0 aromatic heterocycles. The Morgan fingerprint density at radius 1 is 1.36 bits per heavy atom. The summed E-state index contributed by atoms with van der Waals surface area (Å²) in [5, 5.41) is 13.3. The summed E-state index contributed by atoms with van der Waals surface area (Å²) >= 11 is 0. The van der Waals surface area contributed by atoms with Crippen molar-refractivity contribution in [1.82, 2.24) is 10.2 Å². The highest BCUT2D eigenvalue weighted by atomic mass is 16.3. The predicted molar refractivity (Wildman–Crippen MR) is 59.4 cm³/mol. The fourth-order valence-corrected chi connectivity index (χ4v) is 2.27. The first-order valence-corrected chi connectivity index (χ1v) is 5.68. The minimum Gasteiger partial charge on any atom is -0.392 e. The zero-order valence-corrected chi connectivity index (χ0v) is 9.66. The first kappa shape index (κ1) is 12.0. The van der Waals surface area contributed by atoms with Crippen LogP contribution in [-0.2, 0) is 0 Å². The Labute approximate surface area is 87.5 Å². The molecule has 0 aromatic carbocycles. The lowest BCUT2D eigenvalue weighted by molar-refractivity contribution is 0.0839. The Balaban J connectivity index is 2.27. The minimum absolute atomic E-state index is 0.131. The van der Waals surface area contributed by atoms with Gasteiger partial charge in [-0.3, -0.25) is 0 Å². The Morgan fingerprint density at radius 3 is 2.57 bits per heavy atom. The molecule has 84 valence electrons. The molecule has 14 heavy (non-hydrogen) atoms. The van der Waals surface area contributed by atoms with Crippen molar-refractivity contribution in [2.45, 2.75) is 50.8 Å². The van der Waals surface area contributed by atoms with E-state index in [1.54, 1.807) is 0 Å². The molecule has 1 aliphatic carbocycles. The molecule has 1 aliphatic rings. The first-order chi connectivity index (χ1) is 6.59. The van der Waals surface area contributed by atoms with Crippen molar-refractivity contribution in [1.29, 1.82) is 0 Å². The zero-order valence-electron chi connectivity index (χ0n) is 9.66. The van der Waals surface area contributed by atoms with Crippen LogP contribution < -0.4 is 5.32 Å². The zero-order chi connectivity index (χ0) is 10.6. The van der Waals surface area contributed by atoms with E-state index >= 15 is 0 Å². The maximum atomic E-state index is 9.78. The van der Waals surface area contributed by atoms with Gasteiger partial charge in [0.1, 0.15) is 0 Å². The van der Waals surface area contributed by atoms with Crippen LogP contribution in [0.5, 0.6) is 0 Å². The van der Waals surface area contributed by atoms with Crippen molar-refractivity contribution in [3.63, 3.8) is 0 Å². The second kappa shape index (κ2) is 5.69. The van der Waals surface area contributed by atoms with Gasteiger partial charge in [0.05, 0.1) is 6.10 Å². The highest BCUT2D eigenvalue weighted by Gasteiger charge is 2.23. The van der Waals surface area contributed by atoms with Gasteiger partial charge in [0.2, 0.25) is 0 Å². The number of nitrogens with one attached hydrogen (secondary N) is 1. The lowest BCUT2D eigenvalue weighted by Crippen LogP contribution is -2.48. The van der Waals surface area contributed by atoms with Crippen LogP contribution in [0.2, 0.25) is 0 Å². The molecule has 3 atom stereocenters. The molecule has 3 heteroatoms. The molecule has 0 spiro atoms. The third-order valence-electron chi connectivity index (χ3n) is 2.87. The number of aliphatic hydroxyl groups excluding tert-OH is 1. The van der Waals surface area contributed by atoms with Crippen LogP contribution >= 0.6 is 0 Å². The lowest BCUT2D eigenvalue weighted by atomic mass is 9.92. The van der Waals surface area contributed by atoms with Crippen LogP contribution in [0.3, 0.4) is 0 Å². The number of likely N-dealkylation sites (N-methyl/N-ethyl adjacent to an activating group) is 1. The van der Waals surface area contributed by atoms with Gasteiger partial charge in [-0.25, -0.2) is 0 Å². The van der Waals surface area contributed by atoms with Gasteiger partial charge in [-0.2, -0.15) is 0 Å². The monoisotopic (exact) mass is 200 g/mol. The molecule has 3 nitrogen and oxygen atoms in total. The average molecular weight is 200 g/mol. The van der Waals surface area contributed by atoms with E-state index < -0.39 is 0 Å². The fourth-order valence-electron chi connectivity index (χ4n) is 2.27. The topological polar surface area (TPSA) is 35.5 Å². The quantitative estimate of drug-likeness (QED) is 0.705. The summed E-state index contributed by atoms with van der Waals surface area (Å²) < 4.78 is 0. The van der Waals surface area contributed by atoms with E-state index in [1.165, 1.54) is 12.8 Å². The fraction of sp³-hybridized carbons (Fsp3) is 1.00. The number of aliphatic hydroxyl groups is 1. The van der Waals surface area contributed by atoms with E-state index in [-0.39, 0.29) is 6.10 Å². The summed E-state index contributed by atoms with van der Waals surface area (Å²) in [5.41, 5.74) is 0. The van der Waals surface area contributed by atoms with Gasteiger partial charge in [0.25, 0.3) is 0 Å². The van der Waals surface area contributed by atoms with E-state index in [9.17, 15) is 5.11 Å². The molecule has 0 bridgehead atoms. The van der Waals surface area contributed by atoms with Gasteiger partial charge in [-0.1, -0.05) is 12.8 Å². The Kier molecular flexibility index (Phi) is 4.85. The third-order valence-corrected chi connectivity index (χ3v) is 2.87. The molecule has 0 saturated heterocycles. The smallest absolute Gasteiger partial charge is 0.0693 e. The average Bonchev–Trinajstić information content (AvgIpc) is 2.07. The maximum Gasteiger partial charge on any atom is 0.0693 e. The second-order valence-electron chi connectivity index (χ2n) is 4.79. The molecule has 2 N–H and O–H groups in total. The molecule has 0 aromatic rings. The van der Waals surface area contributed by atoms with Crippen LogP contribution in [0.25, 0.3) is 0 Å². The molecule has 0 heterocycles. The number of hydrogen-bond acceptors (Lipinski definition) is 3. The highest BCUT2D eigenvalue weighted by molar-refractivity contribution is 4.82. The highest BCUT2D eigenvalue weighted by Crippen LogP contribution is 2.18. The van der Waals surface area contributed by atoms with Crippen LogP contribution in [-0.4, -0.2) is 48.8 Å². The Hall–Kier alpha value is -0.120. The normalized spacial score (nSPS) is 30.6. The first-order valence-electron chi connectivity index (χ1n) is 5.68. The van der Waals surface area contributed by atoms with E-state index in [0.717, 1.165) is 19.4 Å². The van der Waals surface area contributed by atoms with E-state index in [1.807, 2.05) is 0 Å². The summed E-state index contributed by atoms with van der Waals surface area (Å²) in [5.74, 6) is 0. The third kappa shape index (κ3) is 3.95. The summed E-state index contributed by atoms with van der Waals surface area (Å²) in [7, 11) is 4.16. The molecule has 0 radical (unpaired) electrons. The van der Waals surface area contributed by atoms with Crippen molar-refractivity contribution in [2.24, 2.45) is 0 Å². The van der Waals surface area contributed by atoms with Crippen LogP contribution in [0.15, 0.2) is 0 Å². The molecule has 1 rings (SSSR count). The maximum absolute atomic E-state index is 9.78. The predicted octanol–water partition coefficient (Wildman–Crippen LogP) is 0.830. The number of hydrogen-bond donors (Lipinski definition) is 2. The van der Waals surface area contributed by atoms with Gasteiger partial charge >= 0.3 is 0 Å². The van der Waals surface area contributed by atoms with E-state index in [2.05, 4.69) is 31.2 Å². The van der Waals surface area contributed by atoms with Gasteiger partial charge in [0.15, 0.2) is 0 Å². The van der Waals surface area contributed by atoms with Crippen LogP contribution in [0.1, 0.15) is 32.6 Å². The summed E-state index contributed by atoms with van der Waals surface area (Å²) in [4.78, 5) is 2.17. The number of nitrogens with zero attached hydrogens (tertiary/aromatic N) is 1. The Morgan fingerprint density at radius 2 is 2.00 bits per heavy atom. The van der Waals surface area contributed by atoms with Gasteiger partial charge in [-0.05, 0) is 33.9 Å². The molecular formula is C11H24N2O. The lowest BCUT2D eigenvalue weighted by Gasteiger charge is -2.32. The largest absolute Gasteiger partial charge is 0.392 e. The van der Waals surface area contributed by atoms with E-state index in [4.69, 9.17) is 0 Å². The second-order valence-corrected chi connectivity index (χ2v) is 4.79. The van der Waals surface area contributed by atoms with Crippen molar-refractivity contribution >= 4 is 0 Å². The SMILES string of the molecule is CC(CN(C)C)NC1CCCCC1O. The molecule has 0 aliphatic heterocycles. The molecule has 3 unspecified atom stereocenters. The van der Waals surface area contributed by atoms with Gasteiger partial charge in [0, 0.05) is 18.6 Å². The molecule has 1 fully saturated rings. The minimum atomic E-state index is -0.131. The van der Waals surface area contributed by atoms with Crippen molar-refractivity contribution in [3.8, 4) is 0 Å². The molecular weight excluding hydrogens is 176 g/mol. The summed E-state index contributed by atoms with van der Waals surface area (Å²) in [6, 6.07) is 0.779. The number of rotatable bonds is 4. The van der Waals surface area contributed by atoms with Gasteiger partial charge in [-0.15, -0.1) is 0 Å². The van der Waals surface area contributed by atoms with Crippen LogP contribution in [0.4, 0.5) is 0 Å². The standard InChI is InChI=1S/C11H24N2O/c1-9(8-13(2)3)12-10-6-4-5-7-11(10)14/h9-12,14H,4-8H2,1-3H3. The summed E-state index contributed by atoms with van der Waals surface area (Å²) in [6.07, 6.45) is 4.39.